The number of hydrogen-bond acceptors (Lipinski definition) is 4. The van der Waals surface area contributed by atoms with Gasteiger partial charge in [-0.05, 0) is 31.5 Å². The lowest BCUT2D eigenvalue weighted by molar-refractivity contribution is -0.138. The van der Waals surface area contributed by atoms with Crippen LogP contribution in [0, 0.1) is 0 Å². The maximum atomic E-state index is 12.4. The van der Waals surface area contributed by atoms with Crippen LogP contribution in [0.25, 0.3) is 0 Å². The van der Waals surface area contributed by atoms with E-state index in [1.165, 1.54) is 4.90 Å². The van der Waals surface area contributed by atoms with E-state index in [2.05, 4.69) is 0 Å². The maximum Gasteiger partial charge on any atom is 0.323 e. The standard InChI is InChI=1S/C14H17NO5/c1-3-9(2)15(7-13(16)17)14(18)10-4-5-11-12(6-10)20-8-19-11/h4-6,9H,3,7-8H2,1-2H3,(H,16,17). The molecule has 1 N–H and O–H groups in total. The Morgan fingerprint density at radius 1 is 1.35 bits per heavy atom. The van der Waals surface area contributed by atoms with Crippen LogP contribution in [0.5, 0.6) is 11.5 Å². The van der Waals surface area contributed by atoms with Gasteiger partial charge >= 0.3 is 5.97 Å². The van der Waals surface area contributed by atoms with Crippen molar-refractivity contribution >= 4 is 11.9 Å². The summed E-state index contributed by atoms with van der Waals surface area (Å²) in [6.07, 6.45) is 0.684. The Labute approximate surface area is 116 Å². The lowest BCUT2D eigenvalue weighted by atomic mass is 10.1. The fourth-order valence-corrected chi connectivity index (χ4v) is 1.99. The van der Waals surface area contributed by atoms with E-state index in [1.807, 2.05) is 13.8 Å². The summed E-state index contributed by atoms with van der Waals surface area (Å²) in [7, 11) is 0. The van der Waals surface area contributed by atoms with Gasteiger partial charge in [0, 0.05) is 11.6 Å². The molecule has 6 nitrogen and oxygen atoms in total. The summed E-state index contributed by atoms with van der Waals surface area (Å²) in [6.45, 7) is 3.56. The summed E-state index contributed by atoms with van der Waals surface area (Å²) >= 11 is 0. The number of rotatable bonds is 5. The first-order chi connectivity index (χ1) is 9.52. The normalized spacial score (nSPS) is 13.9. The Morgan fingerprint density at radius 2 is 2.05 bits per heavy atom. The highest BCUT2D eigenvalue weighted by Crippen LogP contribution is 2.32. The number of fused-ring (bicyclic) bond motifs is 1. The monoisotopic (exact) mass is 279 g/mol. The SMILES string of the molecule is CCC(C)N(CC(=O)O)C(=O)c1ccc2c(c1)OCO2. The predicted molar refractivity (Wildman–Crippen MR) is 71.0 cm³/mol. The van der Waals surface area contributed by atoms with Crippen LogP contribution in [0.4, 0.5) is 0 Å². The summed E-state index contributed by atoms with van der Waals surface area (Å²) in [5.41, 5.74) is 0.399. The smallest absolute Gasteiger partial charge is 0.323 e. The van der Waals surface area contributed by atoms with E-state index in [4.69, 9.17) is 14.6 Å². The largest absolute Gasteiger partial charge is 0.480 e. The molecule has 0 aliphatic carbocycles. The summed E-state index contributed by atoms with van der Waals surface area (Å²) in [6, 6.07) is 4.71. The lowest BCUT2D eigenvalue weighted by Crippen LogP contribution is -2.41. The third-order valence-electron chi connectivity index (χ3n) is 3.31. The zero-order valence-corrected chi connectivity index (χ0v) is 11.5. The third kappa shape index (κ3) is 2.84. The molecular formula is C14H17NO5. The highest BCUT2D eigenvalue weighted by atomic mass is 16.7. The van der Waals surface area contributed by atoms with Crippen molar-refractivity contribution in [2.75, 3.05) is 13.3 Å². The van der Waals surface area contributed by atoms with Crippen molar-refractivity contribution in [3.05, 3.63) is 23.8 Å². The van der Waals surface area contributed by atoms with Gasteiger partial charge in [0.2, 0.25) is 6.79 Å². The zero-order chi connectivity index (χ0) is 14.7. The molecule has 0 spiro atoms. The number of amides is 1. The Kier molecular flexibility index (Phi) is 4.12. The summed E-state index contributed by atoms with van der Waals surface area (Å²) < 4.78 is 10.4. The van der Waals surface area contributed by atoms with Crippen LogP contribution in [0.3, 0.4) is 0 Å². The van der Waals surface area contributed by atoms with Crippen LogP contribution in [0.1, 0.15) is 30.6 Å². The molecule has 1 aromatic rings. The van der Waals surface area contributed by atoms with Gasteiger partial charge in [-0.25, -0.2) is 0 Å². The van der Waals surface area contributed by atoms with Crippen LogP contribution < -0.4 is 9.47 Å². The molecule has 0 radical (unpaired) electrons. The van der Waals surface area contributed by atoms with E-state index < -0.39 is 5.97 Å². The molecule has 0 bridgehead atoms. The first-order valence-corrected chi connectivity index (χ1v) is 6.45. The van der Waals surface area contributed by atoms with Gasteiger partial charge < -0.3 is 19.5 Å². The van der Waals surface area contributed by atoms with Crippen molar-refractivity contribution in [2.24, 2.45) is 0 Å². The van der Waals surface area contributed by atoms with Gasteiger partial charge in [-0.1, -0.05) is 6.92 Å². The molecule has 1 amide bonds. The van der Waals surface area contributed by atoms with Gasteiger partial charge in [-0.3, -0.25) is 9.59 Å². The van der Waals surface area contributed by atoms with Crippen LogP contribution in [0.2, 0.25) is 0 Å². The summed E-state index contributed by atoms with van der Waals surface area (Å²) in [5, 5.41) is 8.94. The second-order valence-electron chi connectivity index (χ2n) is 4.65. The van der Waals surface area contributed by atoms with Crippen molar-refractivity contribution in [3.8, 4) is 11.5 Å². The molecule has 1 atom stereocenters. The molecule has 1 aliphatic heterocycles. The molecular weight excluding hydrogens is 262 g/mol. The number of carbonyl (C=O) groups is 2. The molecule has 0 saturated heterocycles. The van der Waals surface area contributed by atoms with E-state index in [1.54, 1.807) is 18.2 Å². The third-order valence-corrected chi connectivity index (χ3v) is 3.31. The quantitative estimate of drug-likeness (QED) is 0.888. The second-order valence-corrected chi connectivity index (χ2v) is 4.65. The average molecular weight is 279 g/mol. The van der Waals surface area contributed by atoms with Gasteiger partial charge in [0.1, 0.15) is 6.54 Å². The van der Waals surface area contributed by atoms with E-state index in [0.29, 0.717) is 23.5 Å². The van der Waals surface area contributed by atoms with Crippen molar-refractivity contribution in [1.29, 1.82) is 0 Å². The van der Waals surface area contributed by atoms with Crippen LogP contribution in [0.15, 0.2) is 18.2 Å². The minimum absolute atomic E-state index is 0.136. The van der Waals surface area contributed by atoms with Gasteiger partial charge in [0.05, 0.1) is 0 Å². The van der Waals surface area contributed by atoms with Gasteiger partial charge in [-0.2, -0.15) is 0 Å². The van der Waals surface area contributed by atoms with E-state index >= 15 is 0 Å². The number of carbonyl (C=O) groups excluding carboxylic acids is 1. The molecule has 0 saturated carbocycles. The van der Waals surface area contributed by atoms with Crippen molar-refractivity contribution in [3.63, 3.8) is 0 Å². The van der Waals surface area contributed by atoms with Gasteiger partial charge in [-0.15, -0.1) is 0 Å². The number of aliphatic carboxylic acids is 1. The van der Waals surface area contributed by atoms with Crippen LogP contribution in [-0.2, 0) is 4.79 Å². The molecule has 1 aromatic carbocycles. The van der Waals surface area contributed by atoms with E-state index in [0.717, 1.165) is 0 Å². The Morgan fingerprint density at radius 3 is 2.70 bits per heavy atom. The minimum Gasteiger partial charge on any atom is -0.480 e. The van der Waals surface area contributed by atoms with Crippen molar-refractivity contribution < 1.29 is 24.2 Å². The Balaban J connectivity index is 2.24. The molecule has 20 heavy (non-hydrogen) atoms. The Bertz CT molecular complexity index is 528. The minimum atomic E-state index is -1.03. The number of carboxylic acids is 1. The number of carboxylic acid groups (broad SMARTS) is 1. The molecule has 1 aliphatic rings. The highest BCUT2D eigenvalue weighted by molar-refractivity contribution is 5.96. The first kappa shape index (κ1) is 14.2. The topological polar surface area (TPSA) is 76.1 Å². The van der Waals surface area contributed by atoms with Crippen LogP contribution >= 0.6 is 0 Å². The average Bonchev–Trinajstić information content (AvgIpc) is 2.90. The number of ether oxygens (including phenoxy) is 2. The number of hydrogen-bond donors (Lipinski definition) is 1. The Hall–Kier alpha value is -2.24. The second kappa shape index (κ2) is 5.81. The molecule has 108 valence electrons. The van der Waals surface area contributed by atoms with Crippen molar-refractivity contribution in [1.82, 2.24) is 4.90 Å². The molecule has 0 fully saturated rings. The zero-order valence-electron chi connectivity index (χ0n) is 11.5. The fraction of sp³-hybridized carbons (Fsp3) is 0.429. The van der Waals surface area contributed by atoms with E-state index in [-0.39, 0.29) is 25.3 Å². The van der Waals surface area contributed by atoms with E-state index in [9.17, 15) is 9.59 Å². The number of nitrogens with zero attached hydrogens (tertiary/aromatic N) is 1. The lowest BCUT2D eigenvalue weighted by Gasteiger charge is -2.27. The highest BCUT2D eigenvalue weighted by Gasteiger charge is 2.24. The molecule has 1 unspecified atom stereocenters. The number of benzene rings is 1. The van der Waals surface area contributed by atoms with Gasteiger partial charge in [0.25, 0.3) is 5.91 Å². The molecule has 1 heterocycles. The van der Waals surface area contributed by atoms with Gasteiger partial charge in [0.15, 0.2) is 11.5 Å². The summed E-state index contributed by atoms with van der Waals surface area (Å²) in [5.74, 6) is -0.246. The van der Waals surface area contributed by atoms with Crippen molar-refractivity contribution in [2.45, 2.75) is 26.3 Å². The van der Waals surface area contributed by atoms with Crippen LogP contribution in [-0.4, -0.2) is 41.3 Å². The summed E-state index contributed by atoms with van der Waals surface area (Å²) in [4.78, 5) is 24.7. The first-order valence-electron chi connectivity index (χ1n) is 6.45. The molecule has 2 rings (SSSR count). The predicted octanol–water partition coefficient (Wildman–Crippen LogP) is 1.74. The maximum absolute atomic E-state index is 12.4. The molecule has 0 aromatic heterocycles. The fourth-order valence-electron chi connectivity index (χ4n) is 1.99. The molecule has 6 heteroatoms.